The predicted molar refractivity (Wildman–Crippen MR) is 111 cm³/mol. The molecule has 8 nitrogen and oxygen atoms in total. The molecule has 1 heterocycles. The minimum absolute atomic E-state index is 0.0209. The number of amides is 1. The monoisotopic (exact) mass is 429 g/mol. The van der Waals surface area contributed by atoms with Crippen molar-refractivity contribution in [1.29, 1.82) is 0 Å². The van der Waals surface area contributed by atoms with Crippen LogP contribution in [0.3, 0.4) is 0 Å². The van der Waals surface area contributed by atoms with Gasteiger partial charge in [0.15, 0.2) is 12.9 Å². The highest BCUT2D eigenvalue weighted by molar-refractivity contribution is 5.83. The number of hydrogen-bond donors (Lipinski definition) is 0. The third-order valence-corrected chi connectivity index (χ3v) is 5.42. The summed E-state index contributed by atoms with van der Waals surface area (Å²) in [7, 11) is 0. The Morgan fingerprint density at radius 2 is 1.90 bits per heavy atom. The van der Waals surface area contributed by atoms with E-state index in [1.165, 1.54) is 30.3 Å². The van der Waals surface area contributed by atoms with Gasteiger partial charge in [-0.25, -0.2) is 4.39 Å². The van der Waals surface area contributed by atoms with E-state index in [1.54, 1.807) is 17.0 Å². The van der Waals surface area contributed by atoms with E-state index in [2.05, 4.69) is 4.90 Å². The number of halogens is 1. The lowest BCUT2D eigenvalue weighted by Crippen LogP contribution is -2.58. The third-order valence-electron chi connectivity index (χ3n) is 5.42. The number of nitro groups is 1. The number of hydrogen-bond acceptors (Lipinski definition) is 6. The number of nitro benzene ring substituents is 1. The highest BCUT2D eigenvalue weighted by atomic mass is 19.1. The lowest BCUT2D eigenvalue weighted by Gasteiger charge is -2.44. The second-order valence-electron chi connectivity index (χ2n) is 7.66. The number of carbonyl (C=O) groups is 2. The zero-order chi connectivity index (χ0) is 22.5. The molecule has 1 amide bonds. The minimum Gasteiger partial charge on any atom is -0.476 e. The molecule has 1 aliphatic heterocycles. The first-order valence-corrected chi connectivity index (χ1v) is 9.93. The van der Waals surface area contributed by atoms with E-state index in [1.807, 2.05) is 13.8 Å². The molecule has 1 fully saturated rings. The Morgan fingerprint density at radius 3 is 2.55 bits per heavy atom. The molecule has 0 bridgehead atoms. The maximum atomic E-state index is 13.1. The smallest absolute Gasteiger partial charge is 0.311 e. The van der Waals surface area contributed by atoms with Crippen LogP contribution < -0.4 is 4.74 Å². The van der Waals surface area contributed by atoms with Gasteiger partial charge in [-0.3, -0.25) is 24.6 Å². The summed E-state index contributed by atoms with van der Waals surface area (Å²) in [6.07, 6.45) is 0.464. The topological polar surface area (TPSA) is 93.0 Å². The Kier molecular flexibility index (Phi) is 6.96. The van der Waals surface area contributed by atoms with Gasteiger partial charge < -0.3 is 9.64 Å². The highest BCUT2D eigenvalue weighted by Crippen LogP contribution is 2.30. The van der Waals surface area contributed by atoms with E-state index in [0.29, 0.717) is 25.9 Å². The van der Waals surface area contributed by atoms with Crippen molar-refractivity contribution in [1.82, 2.24) is 9.80 Å². The van der Waals surface area contributed by atoms with Crippen LogP contribution in [0.15, 0.2) is 42.5 Å². The highest BCUT2D eigenvalue weighted by Gasteiger charge is 2.32. The molecule has 0 aliphatic carbocycles. The molecule has 0 saturated carbocycles. The first kappa shape index (κ1) is 22.4. The summed E-state index contributed by atoms with van der Waals surface area (Å²) >= 11 is 0. The molecule has 1 aliphatic rings. The largest absolute Gasteiger partial charge is 0.476 e. The standard InChI is InChI=1S/C22H24FN3O5/c1-15-11-25(16(2)10-24(15)12-17-6-8-19(23)9-7-17)21(28)14-31-22-18(13-27)4-3-5-20(22)26(29)30/h3-9,13,15-16H,10-12,14H2,1-2H3. The maximum Gasteiger partial charge on any atom is 0.311 e. The molecule has 0 N–H and O–H groups in total. The van der Waals surface area contributed by atoms with Crippen molar-refractivity contribution in [2.75, 3.05) is 19.7 Å². The van der Waals surface area contributed by atoms with Gasteiger partial charge in [0.1, 0.15) is 5.82 Å². The Hall–Kier alpha value is -3.33. The number of rotatable bonds is 7. The third kappa shape index (κ3) is 5.24. The van der Waals surface area contributed by atoms with Crippen LogP contribution in [-0.4, -0.2) is 58.7 Å². The average Bonchev–Trinajstić information content (AvgIpc) is 2.75. The maximum absolute atomic E-state index is 13.1. The van der Waals surface area contributed by atoms with Crippen LogP contribution in [0.4, 0.5) is 10.1 Å². The first-order valence-electron chi connectivity index (χ1n) is 9.93. The van der Waals surface area contributed by atoms with Crippen LogP contribution in [-0.2, 0) is 11.3 Å². The van der Waals surface area contributed by atoms with Crippen molar-refractivity contribution < 1.29 is 23.6 Å². The zero-order valence-electron chi connectivity index (χ0n) is 17.4. The van der Waals surface area contributed by atoms with Crippen molar-refractivity contribution in [3.63, 3.8) is 0 Å². The van der Waals surface area contributed by atoms with Gasteiger partial charge in [-0.2, -0.15) is 0 Å². The van der Waals surface area contributed by atoms with Gasteiger partial charge in [-0.15, -0.1) is 0 Å². The summed E-state index contributed by atoms with van der Waals surface area (Å²) in [6, 6.07) is 10.3. The van der Waals surface area contributed by atoms with Gasteiger partial charge in [0.05, 0.1) is 10.5 Å². The van der Waals surface area contributed by atoms with Gasteiger partial charge in [-0.1, -0.05) is 18.2 Å². The molecular formula is C22H24FN3O5. The van der Waals surface area contributed by atoms with Crippen LogP contribution in [0, 0.1) is 15.9 Å². The Balaban J connectivity index is 1.64. The van der Waals surface area contributed by atoms with Crippen LogP contribution in [0.2, 0.25) is 0 Å². The molecule has 3 rings (SSSR count). The summed E-state index contributed by atoms with van der Waals surface area (Å²) in [6.45, 7) is 5.24. The molecule has 1 saturated heterocycles. The summed E-state index contributed by atoms with van der Waals surface area (Å²) < 4.78 is 18.6. The molecule has 9 heteroatoms. The van der Waals surface area contributed by atoms with Crippen LogP contribution >= 0.6 is 0 Å². The normalized spacial score (nSPS) is 19.1. The van der Waals surface area contributed by atoms with E-state index in [0.717, 1.165) is 5.56 Å². The van der Waals surface area contributed by atoms with Gasteiger partial charge in [0.25, 0.3) is 5.91 Å². The fourth-order valence-corrected chi connectivity index (χ4v) is 3.74. The van der Waals surface area contributed by atoms with Gasteiger partial charge in [-0.05, 0) is 37.6 Å². The molecule has 2 aromatic rings. The van der Waals surface area contributed by atoms with Crippen molar-refractivity contribution in [2.24, 2.45) is 0 Å². The molecule has 2 unspecified atom stereocenters. The summed E-state index contributed by atoms with van der Waals surface area (Å²) in [5.41, 5.74) is 0.650. The number of para-hydroxylation sites is 1. The number of nitrogens with zero attached hydrogens (tertiary/aromatic N) is 3. The van der Waals surface area contributed by atoms with Crippen LogP contribution in [0.25, 0.3) is 0 Å². The summed E-state index contributed by atoms with van der Waals surface area (Å²) in [4.78, 5) is 38.5. The molecular weight excluding hydrogens is 405 g/mol. The first-order chi connectivity index (χ1) is 14.8. The number of benzene rings is 2. The number of ether oxygens (including phenoxy) is 1. The number of carbonyl (C=O) groups excluding carboxylic acids is 2. The average molecular weight is 429 g/mol. The Morgan fingerprint density at radius 1 is 1.19 bits per heavy atom. The lowest BCUT2D eigenvalue weighted by molar-refractivity contribution is -0.385. The molecule has 0 aromatic heterocycles. The molecule has 0 spiro atoms. The van der Waals surface area contributed by atoms with Gasteiger partial charge in [0, 0.05) is 37.8 Å². The molecule has 31 heavy (non-hydrogen) atoms. The van der Waals surface area contributed by atoms with Crippen LogP contribution in [0.1, 0.15) is 29.8 Å². The van der Waals surface area contributed by atoms with Crippen molar-refractivity contribution in [3.05, 3.63) is 69.5 Å². The van der Waals surface area contributed by atoms with Crippen molar-refractivity contribution >= 4 is 17.9 Å². The fourth-order valence-electron chi connectivity index (χ4n) is 3.74. The van der Waals surface area contributed by atoms with Gasteiger partial charge >= 0.3 is 5.69 Å². The number of piperazine rings is 1. The quantitative estimate of drug-likeness (QED) is 0.382. The molecule has 164 valence electrons. The zero-order valence-corrected chi connectivity index (χ0v) is 17.4. The van der Waals surface area contributed by atoms with E-state index < -0.39 is 11.5 Å². The SMILES string of the molecule is CC1CN(C(=O)COc2c(C=O)cccc2[N+](=O)[O-])C(C)CN1Cc1ccc(F)cc1. The van der Waals surface area contributed by atoms with E-state index in [9.17, 15) is 24.1 Å². The summed E-state index contributed by atoms with van der Waals surface area (Å²) in [5, 5.41) is 11.2. The predicted octanol–water partition coefficient (Wildman–Crippen LogP) is 3.05. The van der Waals surface area contributed by atoms with Crippen molar-refractivity contribution in [3.8, 4) is 5.75 Å². The van der Waals surface area contributed by atoms with Crippen molar-refractivity contribution in [2.45, 2.75) is 32.5 Å². The van der Waals surface area contributed by atoms with E-state index in [4.69, 9.17) is 4.74 Å². The fraction of sp³-hybridized carbons (Fsp3) is 0.364. The Bertz CT molecular complexity index is 966. The second-order valence-corrected chi connectivity index (χ2v) is 7.66. The number of aldehydes is 1. The molecule has 0 radical (unpaired) electrons. The summed E-state index contributed by atoms with van der Waals surface area (Å²) in [5.74, 6) is -0.792. The Labute approximate surface area is 179 Å². The van der Waals surface area contributed by atoms with Gasteiger partial charge in [0.2, 0.25) is 5.75 Å². The molecule has 2 aromatic carbocycles. The lowest BCUT2D eigenvalue weighted by atomic mass is 10.1. The van der Waals surface area contributed by atoms with Crippen LogP contribution in [0.5, 0.6) is 5.75 Å². The van der Waals surface area contributed by atoms with E-state index >= 15 is 0 Å². The van der Waals surface area contributed by atoms with E-state index in [-0.39, 0.29) is 40.8 Å². The second kappa shape index (κ2) is 9.65. The molecule has 2 atom stereocenters. The minimum atomic E-state index is -0.647.